The van der Waals surface area contributed by atoms with E-state index in [9.17, 15) is 13.7 Å². The maximum Gasteiger partial charge on any atom is 0.200 e. The molecule has 8 heteroatoms. The summed E-state index contributed by atoms with van der Waals surface area (Å²) in [4.78, 5) is 11.6. The van der Waals surface area contributed by atoms with Crippen molar-refractivity contribution in [3.05, 3.63) is 54.2 Å². The third-order valence-corrected chi connectivity index (χ3v) is 7.69. The molecule has 166 valence electrons. The van der Waals surface area contributed by atoms with Gasteiger partial charge in [-0.05, 0) is 54.7 Å². The predicted octanol–water partition coefficient (Wildman–Crippen LogP) is 4.16. The number of anilines is 1. The van der Waals surface area contributed by atoms with Crippen molar-refractivity contribution in [1.82, 2.24) is 9.97 Å². The first kappa shape index (κ1) is 22.0. The third kappa shape index (κ3) is 4.13. The highest BCUT2D eigenvalue weighted by molar-refractivity contribution is 7.92. The molecule has 0 bridgehead atoms. The fourth-order valence-electron chi connectivity index (χ4n) is 4.43. The van der Waals surface area contributed by atoms with E-state index in [1.165, 1.54) is 19.2 Å². The molecule has 3 aromatic rings. The Balaban J connectivity index is 1.87. The Kier molecular flexibility index (Phi) is 6.02. The molecule has 1 aliphatic rings. The zero-order valence-electron chi connectivity index (χ0n) is 18.4. The number of rotatable bonds is 5. The number of nitriles is 1. The van der Waals surface area contributed by atoms with Crippen molar-refractivity contribution in [3.8, 4) is 11.8 Å². The van der Waals surface area contributed by atoms with Gasteiger partial charge in [-0.25, -0.2) is 18.4 Å². The number of para-hydroxylation sites is 2. The van der Waals surface area contributed by atoms with Crippen molar-refractivity contribution in [2.75, 3.05) is 25.1 Å². The molecule has 0 radical (unpaired) electrons. The van der Waals surface area contributed by atoms with E-state index in [0.29, 0.717) is 34.4 Å². The van der Waals surface area contributed by atoms with Crippen LogP contribution in [0.5, 0.6) is 5.75 Å². The number of ether oxygens (including phenoxy) is 1. The Labute approximate surface area is 188 Å². The highest BCUT2D eigenvalue weighted by atomic mass is 32.2. The summed E-state index contributed by atoms with van der Waals surface area (Å²) in [5, 5.41) is 8.56. The number of methoxy groups -OCH3 is 1. The number of aromatic nitrogens is 2. The average Bonchev–Trinajstić information content (AvgIpc) is 2.78. The van der Waals surface area contributed by atoms with Crippen LogP contribution in [0, 0.1) is 23.2 Å². The van der Waals surface area contributed by atoms with Gasteiger partial charge in [-0.3, -0.25) is 0 Å². The van der Waals surface area contributed by atoms with E-state index in [1.807, 2.05) is 24.3 Å². The topological polar surface area (TPSA) is 96.2 Å². The van der Waals surface area contributed by atoms with Crippen LogP contribution >= 0.6 is 0 Å². The number of fused-ring (bicyclic) bond motifs is 1. The molecular weight excluding hydrogens is 424 g/mol. The van der Waals surface area contributed by atoms with Crippen LogP contribution in [-0.4, -0.2) is 38.6 Å². The van der Waals surface area contributed by atoms with Crippen LogP contribution in [0.4, 0.5) is 5.82 Å². The van der Waals surface area contributed by atoms with Crippen molar-refractivity contribution >= 4 is 26.7 Å². The smallest absolute Gasteiger partial charge is 0.200 e. The van der Waals surface area contributed by atoms with Gasteiger partial charge in [-0.2, -0.15) is 5.26 Å². The monoisotopic (exact) mass is 450 g/mol. The molecule has 0 aliphatic carbocycles. The normalized spacial score (nSPS) is 20.0. The van der Waals surface area contributed by atoms with Crippen LogP contribution in [0.25, 0.3) is 11.0 Å². The number of piperidine rings is 1. The summed E-state index contributed by atoms with van der Waals surface area (Å²) in [7, 11) is -2.52. The van der Waals surface area contributed by atoms with Crippen molar-refractivity contribution < 1.29 is 13.2 Å². The Hall–Kier alpha value is -3.18. The molecule has 7 nitrogen and oxygen atoms in total. The van der Waals surface area contributed by atoms with E-state index in [0.717, 1.165) is 19.5 Å². The standard InChI is InChI=1S/C24H26N4O3S/c1-16-12-17(2)15-28(14-16)24-23(26-20-6-4-5-7-21(20)27-24)22(13-25)32(29,30)19-10-8-18(31-3)9-11-19/h4-11,16-17,22H,12,14-15H2,1-3H3/t16-,17+,22-/m0/s1. The minimum atomic E-state index is -4.03. The van der Waals surface area contributed by atoms with Crippen molar-refractivity contribution in [3.63, 3.8) is 0 Å². The van der Waals surface area contributed by atoms with E-state index in [-0.39, 0.29) is 10.6 Å². The first-order chi connectivity index (χ1) is 15.3. The summed E-state index contributed by atoms with van der Waals surface area (Å²) in [5.41, 5.74) is 1.42. The summed E-state index contributed by atoms with van der Waals surface area (Å²) in [5.74, 6) is 1.88. The fourth-order valence-corrected chi connectivity index (χ4v) is 5.81. The first-order valence-corrected chi connectivity index (χ1v) is 12.2. The van der Waals surface area contributed by atoms with E-state index in [2.05, 4.69) is 23.7 Å². The zero-order chi connectivity index (χ0) is 22.9. The molecule has 0 unspecified atom stereocenters. The lowest BCUT2D eigenvalue weighted by Gasteiger charge is -2.36. The third-order valence-electron chi connectivity index (χ3n) is 5.81. The molecule has 0 saturated carbocycles. The highest BCUT2D eigenvalue weighted by Gasteiger charge is 2.36. The Morgan fingerprint density at radius 3 is 2.19 bits per heavy atom. The number of nitrogens with zero attached hydrogens (tertiary/aromatic N) is 4. The van der Waals surface area contributed by atoms with Gasteiger partial charge in [0.1, 0.15) is 11.4 Å². The van der Waals surface area contributed by atoms with E-state index < -0.39 is 15.1 Å². The molecule has 0 N–H and O–H groups in total. The maximum absolute atomic E-state index is 13.5. The van der Waals surface area contributed by atoms with Crippen LogP contribution < -0.4 is 9.64 Å². The molecule has 1 aliphatic heterocycles. The largest absolute Gasteiger partial charge is 0.497 e. The van der Waals surface area contributed by atoms with Gasteiger partial charge in [0.2, 0.25) is 9.84 Å². The van der Waals surface area contributed by atoms with Gasteiger partial charge >= 0.3 is 0 Å². The second-order valence-corrected chi connectivity index (χ2v) is 10.5. The lowest BCUT2D eigenvalue weighted by Crippen LogP contribution is -2.40. The molecule has 3 atom stereocenters. The van der Waals surface area contributed by atoms with E-state index >= 15 is 0 Å². The van der Waals surface area contributed by atoms with Crippen LogP contribution in [0.1, 0.15) is 31.2 Å². The summed E-state index contributed by atoms with van der Waals surface area (Å²) in [6.45, 7) is 5.83. The van der Waals surface area contributed by atoms with Crippen LogP contribution in [0.3, 0.4) is 0 Å². The summed E-state index contributed by atoms with van der Waals surface area (Å²) in [6, 6.07) is 15.4. The van der Waals surface area contributed by atoms with Crippen LogP contribution in [0.2, 0.25) is 0 Å². The van der Waals surface area contributed by atoms with Gasteiger partial charge in [0, 0.05) is 13.1 Å². The molecule has 0 spiro atoms. The average molecular weight is 451 g/mol. The first-order valence-electron chi connectivity index (χ1n) is 10.6. The van der Waals surface area contributed by atoms with E-state index in [4.69, 9.17) is 9.72 Å². The van der Waals surface area contributed by atoms with E-state index in [1.54, 1.807) is 18.2 Å². The summed E-state index contributed by atoms with van der Waals surface area (Å²) < 4.78 is 32.2. The number of hydrogen-bond donors (Lipinski definition) is 0. The Morgan fingerprint density at radius 1 is 1.03 bits per heavy atom. The van der Waals surface area contributed by atoms with Crippen LogP contribution in [0.15, 0.2) is 53.4 Å². The molecule has 1 aromatic heterocycles. The van der Waals surface area contributed by atoms with Gasteiger partial charge in [0.25, 0.3) is 0 Å². The van der Waals surface area contributed by atoms with Crippen molar-refractivity contribution in [2.24, 2.45) is 11.8 Å². The predicted molar refractivity (Wildman–Crippen MR) is 123 cm³/mol. The van der Waals surface area contributed by atoms with Gasteiger partial charge in [-0.1, -0.05) is 26.0 Å². The molecule has 0 amide bonds. The molecule has 4 rings (SSSR count). The lowest BCUT2D eigenvalue weighted by molar-refractivity contribution is 0.355. The number of benzene rings is 2. The van der Waals surface area contributed by atoms with Gasteiger partial charge < -0.3 is 9.64 Å². The van der Waals surface area contributed by atoms with Gasteiger partial charge in [-0.15, -0.1) is 0 Å². The zero-order valence-corrected chi connectivity index (χ0v) is 19.2. The van der Waals surface area contributed by atoms with Gasteiger partial charge in [0.05, 0.1) is 29.1 Å². The Morgan fingerprint density at radius 2 is 1.62 bits per heavy atom. The number of hydrogen-bond acceptors (Lipinski definition) is 7. The molecule has 2 aromatic carbocycles. The van der Waals surface area contributed by atoms with Crippen LogP contribution in [-0.2, 0) is 9.84 Å². The lowest BCUT2D eigenvalue weighted by atomic mass is 9.92. The minimum absolute atomic E-state index is 0.0474. The van der Waals surface area contributed by atoms with Crippen molar-refractivity contribution in [2.45, 2.75) is 30.4 Å². The molecule has 32 heavy (non-hydrogen) atoms. The second kappa shape index (κ2) is 8.75. The Bertz CT molecular complexity index is 1260. The quantitative estimate of drug-likeness (QED) is 0.576. The van der Waals surface area contributed by atoms with Crippen molar-refractivity contribution in [1.29, 1.82) is 5.26 Å². The molecular formula is C24H26N4O3S. The fraction of sp³-hybridized carbons (Fsp3) is 0.375. The highest BCUT2D eigenvalue weighted by Crippen LogP contribution is 2.36. The molecule has 1 fully saturated rings. The second-order valence-electron chi connectivity index (χ2n) is 8.50. The summed E-state index contributed by atoms with van der Waals surface area (Å²) in [6.07, 6.45) is 1.10. The number of sulfone groups is 1. The van der Waals surface area contributed by atoms with Gasteiger partial charge in [0.15, 0.2) is 11.1 Å². The molecule has 2 heterocycles. The molecule has 1 saturated heterocycles. The SMILES string of the molecule is COc1ccc(S(=O)(=O)[C@@H](C#N)c2nc3ccccc3nc2N2C[C@H](C)C[C@H](C)C2)cc1. The summed E-state index contributed by atoms with van der Waals surface area (Å²) >= 11 is 0. The minimum Gasteiger partial charge on any atom is -0.497 e. The maximum atomic E-state index is 13.5.